The normalized spacial score (nSPS) is 16.4. The van der Waals surface area contributed by atoms with Crippen LogP contribution >= 0.6 is 0 Å². The van der Waals surface area contributed by atoms with Crippen LogP contribution in [0.4, 0.5) is 5.69 Å². The van der Waals surface area contributed by atoms with Crippen LogP contribution in [-0.4, -0.2) is 24.8 Å². The molecule has 4 nitrogen and oxygen atoms in total. The van der Waals surface area contributed by atoms with Crippen molar-refractivity contribution in [1.29, 1.82) is 0 Å². The van der Waals surface area contributed by atoms with Crippen LogP contribution in [0.25, 0.3) is 0 Å². The zero-order valence-corrected chi connectivity index (χ0v) is 14.1. The number of fused-ring (bicyclic) bond motifs is 1. The van der Waals surface area contributed by atoms with E-state index < -0.39 is 0 Å². The Morgan fingerprint density at radius 1 is 1.25 bits per heavy atom. The second-order valence-corrected chi connectivity index (χ2v) is 6.05. The number of anilines is 1. The van der Waals surface area contributed by atoms with Gasteiger partial charge in [-0.1, -0.05) is 54.5 Å². The molecule has 3 rings (SSSR count). The van der Waals surface area contributed by atoms with Crippen LogP contribution in [-0.2, 0) is 22.5 Å². The second-order valence-electron chi connectivity index (χ2n) is 6.05. The van der Waals surface area contributed by atoms with E-state index in [0.717, 1.165) is 24.1 Å². The number of rotatable bonds is 5. The van der Waals surface area contributed by atoms with Gasteiger partial charge in [-0.15, -0.1) is 0 Å². The van der Waals surface area contributed by atoms with Gasteiger partial charge in [0.2, 0.25) is 0 Å². The van der Waals surface area contributed by atoms with Gasteiger partial charge < -0.3 is 9.74 Å². The van der Waals surface area contributed by atoms with Gasteiger partial charge in [0, 0.05) is 11.7 Å². The number of carbonyl (C=O) groups excluding carboxylic acids is 1. The highest BCUT2D eigenvalue weighted by atomic mass is 16.6. The lowest BCUT2D eigenvalue weighted by Crippen LogP contribution is -2.37. The van der Waals surface area contributed by atoms with Gasteiger partial charge in [0.1, 0.15) is 0 Å². The molecule has 0 saturated carbocycles. The maximum Gasteiger partial charge on any atom is 0.268 e. The van der Waals surface area contributed by atoms with Gasteiger partial charge in [-0.25, -0.2) is 0 Å². The van der Waals surface area contributed by atoms with Crippen molar-refractivity contribution in [2.45, 2.75) is 32.7 Å². The monoisotopic (exact) mass is 322 g/mol. The SMILES string of the molecule is CCc1ccc(/C=N\OCC(=O)N2c3ccccc3C[C@@H]2C)cc1. The van der Waals surface area contributed by atoms with E-state index in [1.807, 2.05) is 30.3 Å². The zero-order chi connectivity index (χ0) is 16.9. The van der Waals surface area contributed by atoms with Crippen molar-refractivity contribution in [3.05, 3.63) is 65.2 Å². The highest BCUT2D eigenvalue weighted by Gasteiger charge is 2.30. The van der Waals surface area contributed by atoms with Crippen LogP contribution in [0.3, 0.4) is 0 Å². The summed E-state index contributed by atoms with van der Waals surface area (Å²) in [6.45, 7) is 4.12. The lowest BCUT2D eigenvalue weighted by atomic mass is 10.1. The topological polar surface area (TPSA) is 41.9 Å². The van der Waals surface area contributed by atoms with E-state index in [4.69, 9.17) is 4.84 Å². The molecule has 0 aromatic heterocycles. The molecule has 124 valence electrons. The molecule has 1 aliphatic rings. The van der Waals surface area contributed by atoms with Crippen molar-refractivity contribution >= 4 is 17.8 Å². The van der Waals surface area contributed by atoms with Crippen LogP contribution in [0, 0.1) is 0 Å². The fourth-order valence-electron chi connectivity index (χ4n) is 3.05. The maximum absolute atomic E-state index is 12.4. The highest BCUT2D eigenvalue weighted by Crippen LogP contribution is 2.31. The Morgan fingerprint density at radius 3 is 2.75 bits per heavy atom. The number of amides is 1. The molecular formula is C20H22N2O2. The minimum absolute atomic E-state index is 0.0534. The first-order valence-electron chi connectivity index (χ1n) is 8.33. The second kappa shape index (κ2) is 7.30. The van der Waals surface area contributed by atoms with Gasteiger partial charge in [0.25, 0.3) is 5.91 Å². The lowest BCUT2D eigenvalue weighted by molar-refractivity contribution is -0.123. The molecule has 4 heteroatoms. The third kappa shape index (κ3) is 3.48. The molecular weight excluding hydrogens is 300 g/mol. The summed E-state index contributed by atoms with van der Waals surface area (Å²) in [5.41, 5.74) is 4.43. The first-order chi connectivity index (χ1) is 11.7. The number of carbonyl (C=O) groups is 1. The molecule has 0 fully saturated rings. The number of hydrogen-bond donors (Lipinski definition) is 0. The summed E-state index contributed by atoms with van der Waals surface area (Å²) in [6, 6.07) is 16.3. The summed E-state index contributed by atoms with van der Waals surface area (Å²) in [5.74, 6) is -0.0640. The van der Waals surface area contributed by atoms with Crippen LogP contribution in [0.5, 0.6) is 0 Å². The minimum atomic E-state index is -0.0640. The molecule has 1 atom stereocenters. The van der Waals surface area contributed by atoms with Crippen LogP contribution < -0.4 is 4.90 Å². The fourth-order valence-corrected chi connectivity index (χ4v) is 3.05. The molecule has 0 radical (unpaired) electrons. The van der Waals surface area contributed by atoms with Crippen LogP contribution in [0.1, 0.15) is 30.5 Å². The molecule has 0 N–H and O–H groups in total. The van der Waals surface area contributed by atoms with Crippen LogP contribution in [0.2, 0.25) is 0 Å². The summed E-state index contributed by atoms with van der Waals surface area (Å²) in [7, 11) is 0. The Kier molecular flexibility index (Phi) is 4.94. The predicted molar refractivity (Wildman–Crippen MR) is 96.5 cm³/mol. The first-order valence-corrected chi connectivity index (χ1v) is 8.33. The molecule has 0 aliphatic carbocycles. The zero-order valence-electron chi connectivity index (χ0n) is 14.1. The average molecular weight is 322 g/mol. The summed E-state index contributed by atoms with van der Waals surface area (Å²) in [5, 5.41) is 3.92. The third-order valence-corrected chi connectivity index (χ3v) is 4.33. The number of oxime groups is 1. The molecule has 24 heavy (non-hydrogen) atoms. The summed E-state index contributed by atoms with van der Waals surface area (Å²) in [6.07, 6.45) is 3.53. The quantitative estimate of drug-likeness (QED) is 0.624. The molecule has 0 saturated heterocycles. The van der Waals surface area contributed by atoms with Crippen LogP contribution in [0.15, 0.2) is 53.7 Å². The van der Waals surface area contributed by atoms with Gasteiger partial charge >= 0.3 is 0 Å². The van der Waals surface area contributed by atoms with Gasteiger partial charge in [-0.2, -0.15) is 0 Å². The van der Waals surface area contributed by atoms with Gasteiger partial charge in [-0.3, -0.25) is 4.79 Å². The van der Waals surface area contributed by atoms with E-state index in [-0.39, 0.29) is 18.6 Å². The Morgan fingerprint density at radius 2 is 2.00 bits per heavy atom. The summed E-state index contributed by atoms with van der Waals surface area (Å²) in [4.78, 5) is 19.5. The van der Waals surface area contributed by atoms with E-state index in [1.165, 1.54) is 11.1 Å². The highest BCUT2D eigenvalue weighted by molar-refractivity contribution is 5.97. The third-order valence-electron chi connectivity index (χ3n) is 4.33. The number of para-hydroxylation sites is 1. The molecule has 2 aromatic rings. The van der Waals surface area contributed by atoms with Crippen molar-refractivity contribution in [2.24, 2.45) is 5.16 Å². The van der Waals surface area contributed by atoms with Gasteiger partial charge in [0.05, 0.1) is 6.21 Å². The van der Waals surface area contributed by atoms with Crippen molar-refractivity contribution in [3.8, 4) is 0 Å². The van der Waals surface area contributed by atoms with Crippen molar-refractivity contribution in [1.82, 2.24) is 0 Å². The summed E-state index contributed by atoms with van der Waals surface area (Å²) < 4.78 is 0. The fraction of sp³-hybridized carbons (Fsp3) is 0.300. The van der Waals surface area contributed by atoms with E-state index in [9.17, 15) is 4.79 Å². The summed E-state index contributed by atoms with van der Waals surface area (Å²) >= 11 is 0. The Balaban J connectivity index is 1.56. The van der Waals surface area contributed by atoms with E-state index >= 15 is 0 Å². The van der Waals surface area contributed by atoms with Crippen molar-refractivity contribution < 1.29 is 9.63 Å². The maximum atomic E-state index is 12.4. The number of benzene rings is 2. The largest absolute Gasteiger partial charge is 0.386 e. The first kappa shape index (κ1) is 16.2. The van der Waals surface area contributed by atoms with Crippen molar-refractivity contribution in [3.63, 3.8) is 0 Å². The smallest absolute Gasteiger partial charge is 0.268 e. The minimum Gasteiger partial charge on any atom is -0.386 e. The molecule has 2 aromatic carbocycles. The van der Waals surface area contributed by atoms with Gasteiger partial charge in [0.15, 0.2) is 6.61 Å². The molecule has 1 aliphatic heterocycles. The molecule has 0 spiro atoms. The standard InChI is InChI=1S/C20H22N2O2/c1-3-16-8-10-17(11-9-16)13-21-24-14-20(23)22-15(2)12-18-6-4-5-7-19(18)22/h4-11,13,15H,3,12,14H2,1-2H3/b21-13-/t15-/m0/s1. The predicted octanol–water partition coefficient (Wildman–Crippen LogP) is 3.58. The number of hydrogen-bond acceptors (Lipinski definition) is 3. The van der Waals surface area contributed by atoms with Gasteiger partial charge in [-0.05, 0) is 42.5 Å². The molecule has 1 amide bonds. The lowest BCUT2D eigenvalue weighted by Gasteiger charge is -2.21. The molecule has 0 bridgehead atoms. The molecule has 1 heterocycles. The molecule has 0 unspecified atom stereocenters. The number of nitrogens with zero attached hydrogens (tertiary/aromatic N) is 2. The Hall–Kier alpha value is -2.62. The average Bonchev–Trinajstić information content (AvgIpc) is 2.95. The van der Waals surface area contributed by atoms with E-state index in [1.54, 1.807) is 11.1 Å². The number of aryl methyl sites for hydroxylation is 1. The van der Waals surface area contributed by atoms with E-state index in [2.05, 4.69) is 37.2 Å². The Labute approximate surface area is 142 Å². The van der Waals surface area contributed by atoms with E-state index in [0.29, 0.717) is 0 Å². The van der Waals surface area contributed by atoms with Crippen molar-refractivity contribution in [2.75, 3.05) is 11.5 Å². The Bertz CT molecular complexity index is 738.